The molecule has 0 radical (unpaired) electrons. The molecule has 38 heavy (non-hydrogen) atoms. The Kier molecular flexibility index (Phi) is 5.12. The highest BCUT2D eigenvalue weighted by molar-refractivity contribution is 5.86. The Morgan fingerprint density at radius 2 is 1.26 bits per heavy atom. The maximum atomic E-state index is 10.6. The summed E-state index contributed by atoms with van der Waals surface area (Å²) in [4.78, 5) is 14.1. The van der Waals surface area contributed by atoms with Crippen LogP contribution in [-0.2, 0) is 5.41 Å². The second kappa shape index (κ2) is 8.79. The molecule has 0 bridgehead atoms. The van der Waals surface area contributed by atoms with E-state index < -0.39 is 5.41 Å². The number of rotatable bonds is 4. The number of pyridine rings is 1. The lowest BCUT2D eigenvalue weighted by Gasteiger charge is -2.33. The van der Waals surface area contributed by atoms with Gasteiger partial charge in [-0.05, 0) is 58.1 Å². The number of nitrogens with zero attached hydrogens (tertiary/aromatic N) is 3. The fraction of sp³-hybridized carbons (Fsp3) is 0.0294. The van der Waals surface area contributed by atoms with E-state index in [4.69, 9.17) is 4.98 Å². The van der Waals surface area contributed by atoms with Crippen molar-refractivity contribution >= 4 is 0 Å². The van der Waals surface area contributed by atoms with Crippen molar-refractivity contribution in [1.29, 1.82) is 0 Å². The third kappa shape index (κ3) is 3.27. The lowest BCUT2D eigenvalue weighted by molar-refractivity contribution is 0.477. The van der Waals surface area contributed by atoms with Crippen LogP contribution in [0.1, 0.15) is 22.4 Å². The molecule has 0 unspecified atom stereocenters. The summed E-state index contributed by atoms with van der Waals surface area (Å²) in [6, 6.07) is 39.1. The lowest BCUT2D eigenvalue weighted by atomic mass is 9.69. The Balaban J connectivity index is 1.56. The zero-order valence-electron chi connectivity index (χ0n) is 20.5. The van der Waals surface area contributed by atoms with Crippen molar-refractivity contribution in [2.24, 2.45) is 0 Å². The molecule has 4 aromatic carbocycles. The van der Waals surface area contributed by atoms with Gasteiger partial charge in [-0.15, -0.1) is 0 Å². The fourth-order valence-electron chi connectivity index (χ4n) is 5.81. The zero-order valence-corrected chi connectivity index (χ0v) is 20.5. The van der Waals surface area contributed by atoms with Gasteiger partial charge in [0.15, 0.2) is 0 Å². The number of aromatic hydroxyl groups is 1. The molecule has 0 spiro atoms. The van der Waals surface area contributed by atoms with Crippen LogP contribution in [-0.4, -0.2) is 20.1 Å². The molecular weight excluding hydrogens is 466 g/mol. The van der Waals surface area contributed by atoms with Crippen LogP contribution in [0.3, 0.4) is 0 Å². The minimum Gasteiger partial charge on any atom is -0.507 e. The summed E-state index contributed by atoms with van der Waals surface area (Å²) >= 11 is 0. The number of para-hydroxylation sites is 1. The average Bonchev–Trinajstić information content (AvgIpc) is 3.29. The Bertz CT molecular complexity index is 1750. The maximum absolute atomic E-state index is 10.6. The molecule has 0 saturated heterocycles. The van der Waals surface area contributed by atoms with E-state index in [-0.39, 0.29) is 5.75 Å². The van der Waals surface area contributed by atoms with Crippen molar-refractivity contribution in [2.45, 2.75) is 5.41 Å². The molecule has 2 aromatic heterocycles. The van der Waals surface area contributed by atoms with Crippen LogP contribution in [0.25, 0.3) is 33.6 Å². The molecule has 0 saturated carbocycles. The number of phenolic OH excluding ortho intramolecular Hbond substituents is 1. The summed E-state index contributed by atoms with van der Waals surface area (Å²) in [6.07, 6.45) is 5.20. The topological polar surface area (TPSA) is 58.9 Å². The molecule has 0 amide bonds. The van der Waals surface area contributed by atoms with Gasteiger partial charge in [0.25, 0.3) is 0 Å². The zero-order chi connectivity index (χ0) is 25.5. The first kappa shape index (κ1) is 22.1. The van der Waals surface area contributed by atoms with Crippen LogP contribution in [0.15, 0.2) is 134 Å². The van der Waals surface area contributed by atoms with E-state index in [2.05, 4.69) is 88.8 Å². The Hall–Kier alpha value is -5.09. The van der Waals surface area contributed by atoms with Gasteiger partial charge in [-0.25, -0.2) is 0 Å². The van der Waals surface area contributed by atoms with E-state index in [1.54, 1.807) is 24.7 Å². The van der Waals surface area contributed by atoms with Crippen LogP contribution in [0.4, 0.5) is 0 Å². The minimum absolute atomic E-state index is 0.211. The van der Waals surface area contributed by atoms with E-state index >= 15 is 0 Å². The maximum Gasteiger partial charge on any atom is 0.124 e. The molecule has 1 N–H and O–H groups in total. The van der Waals surface area contributed by atoms with Gasteiger partial charge in [-0.2, -0.15) is 0 Å². The van der Waals surface area contributed by atoms with Gasteiger partial charge >= 0.3 is 0 Å². The Morgan fingerprint density at radius 1 is 0.579 bits per heavy atom. The van der Waals surface area contributed by atoms with Crippen molar-refractivity contribution in [3.8, 4) is 39.4 Å². The Morgan fingerprint density at radius 3 is 1.97 bits per heavy atom. The highest BCUT2D eigenvalue weighted by Crippen LogP contribution is 2.56. The predicted molar refractivity (Wildman–Crippen MR) is 150 cm³/mol. The van der Waals surface area contributed by atoms with Crippen LogP contribution in [0.2, 0.25) is 0 Å². The lowest BCUT2D eigenvalue weighted by Crippen LogP contribution is -2.30. The second-order valence-corrected chi connectivity index (χ2v) is 9.44. The molecular formula is C34H23N3O. The average molecular weight is 490 g/mol. The molecule has 0 aliphatic heterocycles. The van der Waals surface area contributed by atoms with E-state index in [0.717, 1.165) is 28.2 Å². The summed E-state index contributed by atoms with van der Waals surface area (Å²) in [5.41, 5.74) is 9.33. The SMILES string of the molecule is Oc1ccccc1-c1cccc(C2(c3cccc(-c4cnccn4)c3)c3ccccc3-c3ccccc32)n1. The minimum atomic E-state index is -0.661. The largest absolute Gasteiger partial charge is 0.507 e. The predicted octanol–water partition coefficient (Wildman–Crippen LogP) is 7.27. The normalized spacial score (nSPS) is 13.1. The summed E-state index contributed by atoms with van der Waals surface area (Å²) in [5, 5.41) is 10.6. The van der Waals surface area contributed by atoms with Crippen LogP contribution in [0.5, 0.6) is 5.75 Å². The van der Waals surface area contributed by atoms with Crippen LogP contribution in [0, 0.1) is 0 Å². The first-order chi connectivity index (χ1) is 18.8. The molecule has 0 atom stereocenters. The molecule has 2 heterocycles. The standard InChI is InChI=1S/C34H23N3O/c38-32-17-6-3-13-27(32)30-16-8-18-33(37-30)34(24-10-7-9-23(21-24)31-22-35-19-20-36-31)28-14-4-1-11-25(28)26-12-2-5-15-29(26)34/h1-22,38H. The molecule has 6 aromatic rings. The van der Waals surface area contributed by atoms with Gasteiger partial charge in [0, 0.05) is 23.5 Å². The smallest absolute Gasteiger partial charge is 0.124 e. The van der Waals surface area contributed by atoms with E-state index in [9.17, 15) is 5.11 Å². The van der Waals surface area contributed by atoms with Gasteiger partial charge in [0.1, 0.15) is 5.75 Å². The van der Waals surface area contributed by atoms with Gasteiger partial charge in [0.2, 0.25) is 0 Å². The third-order valence-electron chi connectivity index (χ3n) is 7.42. The van der Waals surface area contributed by atoms with Crippen LogP contribution >= 0.6 is 0 Å². The summed E-state index contributed by atoms with van der Waals surface area (Å²) in [6.45, 7) is 0. The quantitative estimate of drug-likeness (QED) is 0.282. The molecule has 4 nitrogen and oxygen atoms in total. The molecule has 0 fully saturated rings. The summed E-state index contributed by atoms with van der Waals surface area (Å²) in [5.74, 6) is 0.211. The number of aromatic nitrogens is 3. The Labute approximate surface area is 221 Å². The molecule has 7 rings (SSSR count). The van der Waals surface area contributed by atoms with Gasteiger partial charge in [-0.3, -0.25) is 15.0 Å². The van der Waals surface area contributed by atoms with Gasteiger partial charge < -0.3 is 5.11 Å². The van der Waals surface area contributed by atoms with E-state index in [1.165, 1.54) is 22.3 Å². The van der Waals surface area contributed by atoms with Crippen molar-refractivity contribution in [2.75, 3.05) is 0 Å². The highest BCUT2D eigenvalue weighted by atomic mass is 16.3. The van der Waals surface area contributed by atoms with Crippen molar-refractivity contribution in [3.63, 3.8) is 0 Å². The number of hydrogen-bond acceptors (Lipinski definition) is 4. The highest BCUT2D eigenvalue weighted by Gasteiger charge is 2.47. The van der Waals surface area contributed by atoms with Gasteiger partial charge in [-0.1, -0.05) is 84.9 Å². The van der Waals surface area contributed by atoms with Crippen LogP contribution < -0.4 is 0 Å². The molecule has 180 valence electrons. The molecule has 4 heteroatoms. The number of phenols is 1. The third-order valence-corrected chi connectivity index (χ3v) is 7.42. The van der Waals surface area contributed by atoms with Gasteiger partial charge in [0.05, 0.1) is 28.7 Å². The summed E-state index contributed by atoms with van der Waals surface area (Å²) in [7, 11) is 0. The van der Waals surface area contributed by atoms with Crippen molar-refractivity contribution in [3.05, 3.63) is 156 Å². The first-order valence-electron chi connectivity index (χ1n) is 12.6. The molecule has 1 aliphatic carbocycles. The number of benzene rings is 4. The second-order valence-electron chi connectivity index (χ2n) is 9.44. The number of fused-ring (bicyclic) bond motifs is 3. The van der Waals surface area contributed by atoms with Crippen molar-refractivity contribution < 1.29 is 5.11 Å². The number of hydrogen-bond donors (Lipinski definition) is 1. The first-order valence-corrected chi connectivity index (χ1v) is 12.6. The fourth-order valence-corrected chi connectivity index (χ4v) is 5.81. The monoisotopic (exact) mass is 489 g/mol. The summed E-state index contributed by atoms with van der Waals surface area (Å²) < 4.78 is 0. The molecule has 1 aliphatic rings. The van der Waals surface area contributed by atoms with Crippen molar-refractivity contribution in [1.82, 2.24) is 15.0 Å². The van der Waals surface area contributed by atoms with E-state index in [1.807, 2.05) is 30.3 Å². The van der Waals surface area contributed by atoms with E-state index in [0.29, 0.717) is 5.56 Å².